The van der Waals surface area contributed by atoms with E-state index in [1.54, 1.807) is 0 Å². The molecule has 1 aliphatic heterocycles. The molecule has 5 heteroatoms. The van der Waals surface area contributed by atoms with E-state index in [0.29, 0.717) is 31.5 Å². The molecule has 2 N–H and O–H groups in total. The molecule has 0 bridgehead atoms. The number of amides is 1. The molecule has 0 aromatic rings. The van der Waals surface area contributed by atoms with Crippen LogP contribution in [0, 0.1) is 17.8 Å². The average molecular weight is 295 g/mol. The zero-order valence-electron chi connectivity index (χ0n) is 12.5. The minimum atomic E-state index is -0.875. The highest BCUT2D eigenvalue weighted by molar-refractivity contribution is 5.83. The molecule has 3 rings (SSSR count). The fourth-order valence-corrected chi connectivity index (χ4v) is 4.13. The average Bonchev–Trinajstić information content (AvgIpc) is 3.15. The van der Waals surface area contributed by atoms with Crippen LogP contribution in [0.2, 0.25) is 0 Å². The minimum Gasteiger partial charge on any atom is -0.481 e. The van der Waals surface area contributed by atoms with Crippen LogP contribution in [0.1, 0.15) is 51.4 Å². The molecule has 0 radical (unpaired) electrons. The fourth-order valence-electron chi connectivity index (χ4n) is 4.13. The lowest BCUT2D eigenvalue weighted by molar-refractivity contribution is -0.139. The molecule has 3 atom stereocenters. The van der Waals surface area contributed by atoms with Crippen LogP contribution >= 0.6 is 0 Å². The van der Waals surface area contributed by atoms with Crippen LogP contribution in [0.5, 0.6) is 0 Å². The van der Waals surface area contributed by atoms with E-state index in [9.17, 15) is 9.59 Å². The largest absolute Gasteiger partial charge is 0.481 e. The van der Waals surface area contributed by atoms with E-state index >= 15 is 0 Å². The van der Waals surface area contributed by atoms with Gasteiger partial charge in [0.2, 0.25) is 5.91 Å². The molecule has 2 saturated carbocycles. The highest BCUT2D eigenvalue weighted by atomic mass is 16.5. The van der Waals surface area contributed by atoms with E-state index in [1.165, 1.54) is 32.1 Å². The molecule has 3 aliphatic rings. The third-order valence-electron chi connectivity index (χ3n) is 5.41. The van der Waals surface area contributed by atoms with Crippen molar-refractivity contribution < 1.29 is 19.4 Å². The summed E-state index contributed by atoms with van der Waals surface area (Å²) in [5.41, 5.74) is -0.678. The van der Waals surface area contributed by atoms with E-state index < -0.39 is 11.5 Å². The van der Waals surface area contributed by atoms with Gasteiger partial charge in [-0.3, -0.25) is 9.59 Å². The van der Waals surface area contributed by atoms with E-state index in [1.807, 2.05) is 0 Å². The second kappa shape index (κ2) is 5.95. The van der Waals surface area contributed by atoms with Gasteiger partial charge in [-0.15, -0.1) is 0 Å². The number of carbonyl (C=O) groups is 2. The molecule has 3 unspecified atom stereocenters. The fraction of sp³-hybridized carbons (Fsp3) is 0.875. The first kappa shape index (κ1) is 14.8. The summed E-state index contributed by atoms with van der Waals surface area (Å²) in [5, 5.41) is 12.1. The zero-order valence-corrected chi connectivity index (χ0v) is 12.5. The zero-order chi connectivity index (χ0) is 14.9. The van der Waals surface area contributed by atoms with Crippen LogP contribution in [0.3, 0.4) is 0 Å². The Hall–Kier alpha value is -1.10. The smallest absolute Gasteiger partial charge is 0.305 e. The lowest BCUT2D eigenvalue weighted by atomic mass is 9.85. The van der Waals surface area contributed by atoms with Crippen molar-refractivity contribution in [1.82, 2.24) is 5.32 Å². The van der Waals surface area contributed by atoms with Gasteiger partial charge in [0.15, 0.2) is 0 Å². The van der Waals surface area contributed by atoms with Crippen molar-refractivity contribution in [2.45, 2.75) is 56.9 Å². The normalized spacial score (nSPS) is 36.4. The molecule has 0 spiro atoms. The van der Waals surface area contributed by atoms with E-state index in [2.05, 4.69) is 5.32 Å². The lowest BCUT2D eigenvalue weighted by Crippen LogP contribution is -2.51. The first-order valence-electron chi connectivity index (χ1n) is 8.21. The monoisotopic (exact) mass is 295 g/mol. The van der Waals surface area contributed by atoms with Gasteiger partial charge in [0.05, 0.1) is 18.6 Å². The number of hydrogen-bond acceptors (Lipinski definition) is 3. The molecule has 3 fully saturated rings. The number of ether oxygens (including phenoxy) is 1. The second-order valence-electron chi connectivity index (χ2n) is 7.05. The molecule has 0 aromatic carbocycles. The summed E-state index contributed by atoms with van der Waals surface area (Å²) in [7, 11) is 0. The van der Waals surface area contributed by atoms with Crippen LogP contribution in [0.4, 0.5) is 0 Å². The number of nitrogens with one attached hydrogen (secondary N) is 1. The first-order chi connectivity index (χ1) is 10.1. The summed E-state index contributed by atoms with van der Waals surface area (Å²) in [4.78, 5) is 23.5. The summed E-state index contributed by atoms with van der Waals surface area (Å²) >= 11 is 0. The Kier molecular flexibility index (Phi) is 4.20. The van der Waals surface area contributed by atoms with Crippen molar-refractivity contribution in [2.75, 3.05) is 13.2 Å². The van der Waals surface area contributed by atoms with Gasteiger partial charge in [0, 0.05) is 12.5 Å². The molecule has 1 amide bonds. The number of carbonyl (C=O) groups excluding carboxylic acids is 1. The molecule has 2 aliphatic carbocycles. The standard InChI is InChI=1S/C16H25NO4/c18-14(19)9-16(6-7-21-10-16)17-15(20)13-8-12(13)11-4-2-1-3-5-11/h11-13H,1-10H2,(H,17,20)(H,18,19). The molecular formula is C16H25NO4. The predicted molar refractivity (Wildman–Crippen MR) is 76.7 cm³/mol. The van der Waals surface area contributed by atoms with Crippen molar-refractivity contribution >= 4 is 11.9 Å². The maximum atomic E-state index is 12.4. The molecule has 21 heavy (non-hydrogen) atoms. The van der Waals surface area contributed by atoms with Gasteiger partial charge >= 0.3 is 5.97 Å². The second-order valence-corrected chi connectivity index (χ2v) is 7.05. The number of carboxylic acids is 1. The van der Waals surface area contributed by atoms with Crippen LogP contribution in [0.25, 0.3) is 0 Å². The summed E-state index contributed by atoms with van der Waals surface area (Å²) in [6, 6.07) is 0. The molecular weight excluding hydrogens is 270 g/mol. The highest BCUT2D eigenvalue weighted by Crippen LogP contribution is 2.49. The van der Waals surface area contributed by atoms with Crippen molar-refractivity contribution in [1.29, 1.82) is 0 Å². The van der Waals surface area contributed by atoms with Crippen LogP contribution in [0.15, 0.2) is 0 Å². The Labute approximate surface area is 125 Å². The Morgan fingerprint density at radius 3 is 2.62 bits per heavy atom. The number of carboxylic acid groups (broad SMARTS) is 1. The highest BCUT2D eigenvalue weighted by Gasteiger charge is 2.50. The number of rotatable bonds is 5. The Balaban J connectivity index is 1.55. The van der Waals surface area contributed by atoms with Crippen molar-refractivity contribution in [3.05, 3.63) is 0 Å². The molecule has 0 aromatic heterocycles. The van der Waals surface area contributed by atoms with Gasteiger partial charge in [-0.1, -0.05) is 32.1 Å². The lowest BCUT2D eigenvalue weighted by Gasteiger charge is -2.27. The summed E-state index contributed by atoms with van der Waals surface area (Å²) < 4.78 is 5.33. The van der Waals surface area contributed by atoms with Crippen molar-refractivity contribution in [2.24, 2.45) is 17.8 Å². The van der Waals surface area contributed by atoms with E-state index in [-0.39, 0.29) is 18.2 Å². The Morgan fingerprint density at radius 2 is 2.00 bits per heavy atom. The third-order valence-corrected chi connectivity index (χ3v) is 5.41. The molecule has 118 valence electrons. The third kappa shape index (κ3) is 3.39. The predicted octanol–water partition coefficient (Wildman–Crippen LogP) is 1.95. The van der Waals surface area contributed by atoms with Gasteiger partial charge in [-0.25, -0.2) is 0 Å². The van der Waals surface area contributed by atoms with E-state index in [4.69, 9.17) is 9.84 Å². The molecule has 1 saturated heterocycles. The maximum Gasteiger partial charge on any atom is 0.305 e. The van der Waals surface area contributed by atoms with Gasteiger partial charge in [0.1, 0.15) is 0 Å². The number of aliphatic carboxylic acids is 1. The molecule has 1 heterocycles. The van der Waals surface area contributed by atoms with Crippen LogP contribution in [-0.4, -0.2) is 35.7 Å². The summed E-state index contributed by atoms with van der Waals surface area (Å²) in [5.74, 6) is 0.538. The van der Waals surface area contributed by atoms with E-state index in [0.717, 1.165) is 6.42 Å². The van der Waals surface area contributed by atoms with Gasteiger partial charge in [-0.2, -0.15) is 0 Å². The van der Waals surface area contributed by atoms with Crippen molar-refractivity contribution in [3.63, 3.8) is 0 Å². The topological polar surface area (TPSA) is 75.6 Å². The quantitative estimate of drug-likeness (QED) is 0.813. The SMILES string of the molecule is O=C(O)CC1(NC(=O)C2CC2C2CCCCC2)CCOC1. The maximum absolute atomic E-state index is 12.4. The van der Waals surface area contributed by atoms with Crippen LogP contribution in [-0.2, 0) is 14.3 Å². The minimum absolute atomic E-state index is 0.0421. The first-order valence-corrected chi connectivity index (χ1v) is 8.21. The Bertz CT molecular complexity index is 411. The summed E-state index contributed by atoms with van der Waals surface area (Å²) in [6.45, 7) is 0.857. The molecule has 5 nitrogen and oxygen atoms in total. The van der Waals surface area contributed by atoms with Gasteiger partial charge in [-0.05, 0) is 24.7 Å². The summed E-state index contributed by atoms with van der Waals surface area (Å²) in [6.07, 6.45) is 8.00. The van der Waals surface area contributed by atoms with Gasteiger partial charge < -0.3 is 15.2 Å². The number of hydrogen-bond donors (Lipinski definition) is 2. The van der Waals surface area contributed by atoms with Gasteiger partial charge in [0.25, 0.3) is 0 Å². The Morgan fingerprint density at radius 1 is 1.24 bits per heavy atom. The van der Waals surface area contributed by atoms with Crippen molar-refractivity contribution in [3.8, 4) is 0 Å². The van der Waals surface area contributed by atoms with Crippen LogP contribution < -0.4 is 5.32 Å².